The van der Waals surface area contributed by atoms with Gasteiger partial charge in [0.1, 0.15) is 0 Å². The summed E-state index contributed by atoms with van der Waals surface area (Å²) in [7, 11) is 1.92. The van der Waals surface area contributed by atoms with Gasteiger partial charge < -0.3 is 9.80 Å². The van der Waals surface area contributed by atoms with Crippen molar-refractivity contribution in [2.24, 2.45) is 7.05 Å². The quantitative estimate of drug-likeness (QED) is 0.808. The number of nitrogens with zero attached hydrogens (tertiary/aromatic N) is 4. The summed E-state index contributed by atoms with van der Waals surface area (Å²) in [5, 5.41) is 4.96. The maximum atomic E-state index is 12.6. The highest BCUT2D eigenvalue weighted by molar-refractivity contribution is 6.30. The van der Waals surface area contributed by atoms with Gasteiger partial charge in [0.05, 0.1) is 5.69 Å². The first-order chi connectivity index (χ1) is 12.9. The summed E-state index contributed by atoms with van der Waals surface area (Å²) in [6.07, 6.45) is 1.17. The fourth-order valence-electron chi connectivity index (χ4n) is 3.53. The maximum Gasteiger partial charge on any atom is 0.254 e. The molecule has 0 bridgehead atoms. The molecule has 1 aliphatic heterocycles. The van der Waals surface area contributed by atoms with Gasteiger partial charge in [0.25, 0.3) is 5.91 Å². The molecule has 1 fully saturated rings. The van der Waals surface area contributed by atoms with Crippen LogP contribution < -0.4 is 0 Å². The third kappa shape index (κ3) is 4.33. The number of aryl methyl sites for hydroxylation is 2. The summed E-state index contributed by atoms with van der Waals surface area (Å²) in [5.41, 5.74) is 3.84. The second-order valence-electron chi connectivity index (χ2n) is 6.96. The van der Waals surface area contributed by atoms with Gasteiger partial charge in [-0.25, -0.2) is 0 Å². The van der Waals surface area contributed by atoms with Gasteiger partial charge in [-0.3, -0.25) is 14.3 Å². The van der Waals surface area contributed by atoms with Gasteiger partial charge in [0.15, 0.2) is 0 Å². The Kier molecular flexibility index (Phi) is 5.85. The average Bonchev–Trinajstić information content (AvgIpc) is 2.91. The molecular weight excluding hydrogens is 364 g/mol. The van der Waals surface area contributed by atoms with Crippen LogP contribution in [0.2, 0.25) is 5.02 Å². The van der Waals surface area contributed by atoms with E-state index < -0.39 is 0 Å². The van der Waals surface area contributed by atoms with Crippen molar-refractivity contribution in [2.75, 3.05) is 26.2 Å². The predicted octanol–water partition coefficient (Wildman–Crippen LogP) is 2.61. The van der Waals surface area contributed by atoms with Gasteiger partial charge in [-0.1, -0.05) is 17.7 Å². The first kappa shape index (κ1) is 19.4. The van der Waals surface area contributed by atoms with Crippen LogP contribution in [0.3, 0.4) is 0 Å². The van der Waals surface area contributed by atoms with E-state index in [0.29, 0.717) is 49.6 Å². The summed E-state index contributed by atoms with van der Waals surface area (Å²) < 4.78 is 1.86. The molecule has 0 spiro atoms. The van der Waals surface area contributed by atoms with Gasteiger partial charge in [0, 0.05) is 55.9 Å². The van der Waals surface area contributed by atoms with E-state index >= 15 is 0 Å². The number of rotatable bonds is 4. The summed E-state index contributed by atoms with van der Waals surface area (Å²) in [4.78, 5) is 28.8. The molecule has 1 saturated heterocycles. The summed E-state index contributed by atoms with van der Waals surface area (Å²) in [6, 6.07) is 6.97. The minimum absolute atomic E-state index is 0.0359. The lowest BCUT2D eigenvalue weighted by Gasteiger charge is -2.35. The Labute approximate surface area is 164 Å². The summed E-state index contributed by atoms with van der Waals surface area (Å²) >= 11 is 5.97. The van der Waals surface area contributed by atoms with E-state index in [0.717, 1.165) is 17.0 Å². The lowest BCUT2D eigenvalue weighted by Crippen LogP contribution is -2.50. The Bertz CT molecular complexity index is 854. The van der Waals surface area contributed by atoms with Gasteiger partial charge >= 0.3 is 0 Å². The van der Waals surface area contributed by atoms with Crippen molar-refractivity contribution < 1.29 is 9.59 Å². The zero-order chi connectivity index (χ0) is 19.6. The van der Waals surface area contributed by atoms with Crippen LogP contribution in [0, 0.1) is 13.8 Å². The van der Waals surface area contributed by atoms with Crippen LogP contribution in [0.1, 0.15) is 33.7 Å². The Morgan fingerprint density at radius 1 is 1.11 bits per heavy atom. The summed E-state index contributed by atoms with van der Waals surface area (Å²) in [5.74, 6) is 0.0960. The second kappa shape index (κ2) is 8.13. The number of carbonyl (C=O) groups is 2. The molecule has 0 aliphatic carbocycles. The molecule has 1 aromatic heterocycles. The molecule has 2 heterocycles. The molecule has 2 aromatic rings. The zero-order valence-corrected chi connectivity index (χ0v) is 16.8. The van der Waals surface area contributed by atoms with Gasteiger partial charge in [-0.15, -0.1) is 0 Å². The van der Waals surface area contributed by atoms with Crippen molar-refractivity contribution in [1.82, 2.24) is 19.6 Å². The first-order valence-electron chi connectivity index (χ1n) is 9.18. The van der Waals surface area contributed by atoms with Crippen molar-refractivity contribution in [3.05, 3.63) is 51.8 Å². The van der Waals surface area contributed by atoms with Gasteiger partial charge in [-0.05, 0) is 44.0 Å². The Balaban J connectivity index is 1.52. The smallest absolute Gasteiger partial charge is 0.254 e. The fourth-order valence-corrected chi connectivity index (χ4v) is 3.72. The fraction of sp³-hybridized carbons (Fsp3) is 0.450. The minimum Gasteiger partial charge on any atom is -0.339 e. The van der Waals surface area contributed by atoms with Gasteiger partial charge in [-0.2, -0.15) is 5.10 Å². The van der Waals surface area contributed by atoms with Crippen LogP contribution >= 0.6 is 11.6 Å². The molecule has 0 radical (unpaired) electrons. The van der Waals surface area contributed by atoms with Crippen LogP contribution in [0.5, 0.6) is 0 Å². The maximum absolute atomic E-state index is 12.6. The highest BCUT2D eigenvalue weighted by atomic mass is 35.5. The topological polar surface area (TPSA) is 58.4 Å². The highest BCUT2D eigenvalue weighted by Crippen LogP contribution is 2.17. The molecule has 0 atom stereocenters. The van der Waals surface area contributed by atoms with Crippen molar-refractivity contribution in [2.45, 2.75) is 26.7 Å². The molecule has 1 aliphatic rings. The number of carbonyl (C=O) groups excluding carboxylic acids is 2. The van der Waals surface area contributed by atoms with Crippen LogP contribution in [-0.4, -0.2) is 57.6 Å². The van der Waals surface area contributed by atoms with E-state index in [-0.39, 0.29) is 11.8 Å². The predicted molar refractivity (Wildman–Crippen MR) is 105 cm³/mol. The van der Waals surface area contributed by atoms with E-state index in [1.54, 1.807) is 29.2 Å². The lowest BCUT2D eigenvalue weighted by molar-refractivity contribution is -0.132. The SMILES string of the molecule is Cc1nn(C)c(C)c1CCC(=O)N1CCN(C(=O)c2cccc(Cl)c2)CC1. The third-order valence-electron chi connectivity index (χ3n) is 5.24. The van der Waals surface area contributed by atoms with E-state index in [2.05, 4.69) is 5.10 Å². The molecular formula is C20H25ClN4O2. The van der Waals surface area contributed by atoms with Crippen molar-refractivity contribution in [3.63, 3.8) is 0 Å². The van der Waals surface area contributed by atoms with E-state index in [4.69, 9.17) is 11.6 Å². The highest BCUT2D eigenvalue weighted by Gasteiger charge is 2.25. The van der Waals surface area contributed by atoms with Crippen LogP contribution in [0.4, 0.5) is 0 Å². The molecule has 0 N–H and O–H groups in total. The van der Waals surface area contributed by atoms with Crippen molar-refractivity contribution in [1.29, 1.82) is 0 Å². The third-order valence-corrected chi connectivity index (χ3v) is 5.47. The Hall–Kier alpha value is -2.34. The van der Waals surface area contributed by atoms with Crippen molar-refractivity contribution in [3.8, 4) is 0 Å². The standard InChI is InChI=1S/C20H25ClN4O2/c1-14-18(15(2)23(3)22-14)7-8-19(26)24-9-11-25(12-10-24)20(27)16-5-4-6-17(21)13-16/h4-6,13H,7-12H2,1-3H3. The van der Waals surface area contributed by atoms with E-state index in [1.165, 1.54) is 0 Å². The molecule has 1 aromatic carbocycles. The first-order valence-corrected chi connectivity index (χ1v) is 9.56. The summed E-state index contributed by atoms with van der Waals surface area (Å²) in [6.45, 7) is 6.23. The van der Waals surface area contributed by atoms with E-state index in [1.807, 2.05) is 30.5 Å². The van der Waals surface area contributed by atoms with Crippen LogP contribution in [-0.2, 0) is 18.3 Å². The molecule has 0 saturated carbocycles. The van der Waals surface area contributed by atoms with Crippen LogP contribution in [0.15, 0.2) is 24.3 Å². The zero-order valence-electron chi connectivity index (χ0n) is 16.0. The number of piperazine rings is 1. The van der Waals surface area contributed by atoms with Gasteiger partial charge in [0.2, 0.25) is 5.91 Å². The molecule has 27 heavy (non-hydrogen) atoms. The number of aromatic nitrogens is 2. The van der Waals surface area contributed by atoms with Crippen LogP contribution in [0.25, 0.3) is 0 Å². The second-order valence-corrected chi connectivity index (χ2v) is 7.39. The molecule has 6 nitrogen and oxygen atoms in total. The lowest BCUT2D eigenvalue weighted by atomic mass is 10.1. The molecule has 144 valence electrons. The molecule has 3 rings (SSSR count). The monoisotopic (exact) mass is 388 g/mol. The Morgan fingerprint density at radius 2 is 1.78 bits per heavy atom. The van der Waals surface area contributed by atoms with Crippen molar-refractivity contribution >= 4 is 23.4 Å². The number of halogens is 1. The number of hydrogen-bond donors (Lipinski definition) is 0. The molecule has 7 heteroatoms. The Morgan fingerprint density at radius 3 is 2.37 bits per heavy atom. The largest absolute Gasteiger partial charge is 0.339 e. The number of hydrogen-bond acceptors (Lipinski definition) is 3. The number of amides is 2. The molecule has 0 unspecified atom stereocenters. The number of benzene rings is 1. The van der Waals surface area contributed by atoms with E-state index in [9.17, 15) is 9.59 Å². The normalized spacial score (nSPS) is 14.5. The average molecular weight is 389 g/mol. The molecule has 2 amide bonds. The minimum atomic E-state index is -0.0359.